The molecule has 1 aliphatic carbocycles. The van der Waals surface area contributed by atoms with Crippen molar-refractivity contribution in [2.45, 2.75) is 25.3 Å². The quantitative estimate of drug-likeness (QED) is 0.781. The summed E-state index contributed by atoms with van der Waals surface area (Å²) in [4.78, 5) is 13.9. The maximum atomic E-state index is 11.2. The third-order valence-electron chi connectivity index (χ3n) is 4.34. The SMILES string of the molecule is CNC(c1ccc2oc(=O)[nH]c2c1)C1(CO)CCC1. The lowest BCUT2D eigenvalue weighted by Gasteiger charge is -2.46. The summed E-state index contributed by atoms with van der Waals surface area (Å²) in [5.74, 6) is -0.436. The molecule has 1 aliphatic rings. The number of nitrogens with one attached hydrogen (secondary N) is 2. The zero-order valence-electron chi connectivity index (χ0n) is 10.9. The van der Waals surface area contributed by atoms with Gasteiger partial charge in [-0.05, 0) is 37.6 Å². The summed E-state index contributed by atoms with van der Waals surface area (Å²) >= 11 is 0. The number of benzene rings is 1. The van der Waals surface area contributed by atoms with Gasteiger partial charge in [0.1, 0.15) is 0 Å². The van der Waals surface area contributed by atoms with E-state index in [9.17, 15) is 9.90 Å². The minimum Gasteiger partial charge on any atom is -0.408 e. The second-order valence-corrected chi connectivity index (χ2v) is 5.37. The van der Waals surface area contributed by atoms with Crippen molar-refractivity contribution in [3.63, 3.8) is 0 Å². The van der Waals surface area contributed by atoms with Crippen LogP contribution in [0.15, 0.2) is 27.4 Å². The smallest absolute Gasteiger partial charge is 0.408 e. The van der Waals surface area contributed by atoms with Gasteiger partial charge in [-0.2, -0.15) is 0 Å². The molecule has 0 bridgehead atoms. The second kappa shape index (κ2) is 4.51. The van der Waals surface area contributed by atoms with E-state index in [1.54, 1.807) is 6.07 Å². The Balaban J connectivity index is 2.03. The van der Waals surface area contributed by atoms with E-state index < -0.39 is 5.76 Å². The maximum Gasteiger partial charge on any atom is 0.417 e. The molecule has 1 saturated carbocycles. The Morgan fingerprint density at radius 1 is 1.53 bits per heavy atom. The second-order valence-electron chi connectivity index (χ2n) is 5.37. The zero-order valence-corrected chi connectivity index (χ0v) is 10.9. The topological polar surface area (TPSA) is 78.3 Å². The fourth-order valence-electron chi connectivity index (χ4n) is 3.14. The van der Waals surface area contributed by atoms with Crippen LogP contribution in [0.1, 0.15) is 30.9 Å². The van der Waals surface area contributed by atoms with Crippen molar-refractivity contribution in [2.75, 3.05) is 13.7 Å². The van der Waals surface area contributed by atoms with Gasteiger partial charge < -0.3 is 14.8 Å². The molecule has 1 aromatic heterocycles. The molecule has 3 rings (SSSR count). The Hall–Kier alpha value is -1.59. The van der Waals surface area contributed by atoms with Gasteiger partial charge in [-0.25, -0.2) is 4.79 Å². The van der Waals surface area contributed by atoms with Crippen molar-refractivity contribution in [3.05, 3.63) is 34.3 Å². The molecule has 0 amide bonds. The van der Waals surface area contributed by atoms with E-state index in [0.29, 0.717) is 11.1 Å². The molecule has 1 unspecified atom stereocenters. The number of aromatic amines is 1. The summed E-state index contributed by atoms with van der Waals surface area (Å²) in [6.45, 7) is 0.179. The monoisotopic (exact) mass is 262 g/mol. The van der Waals surface area contributed by atoms with Crippen LogP contribution < -0.4 is 11.1 Å². The zero-order chi connectivity index (χ0) is 13.5. The molecule has 102 valence electrons. The third kappa shape index (κ3) is 1.89. The lowest BCUT2D eigenvalue weighted by Crippen LogP contribution is -2.44. The van der Waals surface area contributed by atoms with E-state index in [1.807, 2.05) is 19.2 Å². The number of H-pyrrole nitrogens is 1. The molecule has 1 atom stereocenters. The standard InChI is InChI=1S/C14H18N2O3/c1-15-12(14(8-17)5-2-6-14)9-3-4-11-10(7-9)16-13(18)19-11/h3-4,7,12,15,17H,2,5-6,8H2,1H3,(H,16,18). The molecule has 2 aromatic rings. The summed E-state index contributed by atoms with van der Waals surface area (Å²) in [5.41, 5.74) is 2.26. The number of aromatic nitrogens is 1. The summed E-state index contributed by atoms with van der Waals surface area (Å²) in [6.07, 6.45) is 3.20. The van der Waals surface area contributed by atoms with Gasteiger partial charge in [0, 0.05) is 11.5 Å². The predicted octanol–water partition coefficient (Wildman–Crippen LogP) is 1.54. The average molecular weight is 262 g/mol. The average Bonchev–Trinajstić information content (AvgIpc) is 2.72. The van der Waals surface area contributed by atoms with Gasteiger partial charge in [0.25, 0.3) is 0 Å². The number of rotatable bonds is 4. The number of aliphatic hydroxyl groups excluding tert-OH is 1. The van der Waals surface area contributed by atoms with Gasteiger partial charge in [0.2, 0.25) is 0 Å². The summed E-state index contributed by atoms with van der Waals surface area (Å²) in [7, 11) is 1.91. The summed E-state index contributed by atoms with van der Waals surface area (Å²) < 4.78 is 5.01. The molecular weight excluding hydrogens is 244 g/mol. The van der Waals surface area contributed by atoms with E-state index in [-0.39, 0.29) is 18.1 Å². The molecule has 1 aromatic carbocycles. The van der Waals surface area contributed by atoms with Crippen LogP contribution in [0, 0.1) is 5.41 Å². The molecule has 3 N–H and O–H groups in total. The maximum absolute atomic E-state index is 11.2. The first-order valence-corrected chi connectivity index (χ1v) is 6.59. The van der Waals surface area contributed by atoms with Crippen LogP contribution in [0.3, 0.4) is 0 Å². The Morgan fingerprint density at radius 3 is 2.89 bits per heavy atom. The minimum absolute atomic E-state index is 0.0769. The Labute approximate surface area is 110 Å². The van der Waals surface area contributed by atoms with Gasteiger partial charge in [0.15, 0.2) is 5.58 Å². The first kappa shape index (κ1) is 12.4. The van der Waals surface area contributed by atoms with Crippen molar-refractivity contribution in [2.24, 2.45) is 5.41 Å². The van der Waals surface area contributed by atoms with Crippen LogP contribution in [0.25, 0.3) is 11.1 Å². The van der Waals surface area contributed by atoms with Gasteiger partial charge in [-0.1, -0.05) is 12.5 Å². The molecule has 5 heteroatoms. The number of hydrogen-bond donors (Lipinski definition) is 3. The molecule has 0 aliphatic heterocycles. The highest BCUT2D eigenvalue weighted by Gasteiger charge is 2.43. The fourth-order valence-corrected chi connectivity index (χ4v) is 3.14. The van der Waals surface area contributed by atoms with Gasteiger partial charge >= 0.3 is 5.76 Å². The molecule has 0 saturated heterocycles. The van der Waals surface area contributed by atoms with Crippen LogP contribution >= 0.6 is 0 Å². The van der Waals surface area contributed by atoms with E-state index in [1.165, 1.54) is 0 Å². The highest BCUT2D eigenvalue weighted by Crippen LogP contribution is 2.49. The lowest BCUT2D eigenvalue weighted by atomic mass is 9.63. The molecule has 1 heterocycles. The third-order valence-corrected chi connectivity index (χ3v) is 4.34. The summed E-state index contributed by atoms with van der Waals surface area (Å²) in [6, 6.07) is 5.78. The van der Waals surface area contributed by atoms with Gasteiger partial charge in [-0.3, -0.25) is 4.98 Å². The molecule has 19 heavy (non-hydrogen) atoms. The van der Waals surface area contributed by atoms with Crippen molar-refractivity contribution in [1.29, 1.82) is 0 Å². The van der Waals surface area contributed by atoms with Crippen molar-refractivity contribution >= 4 is 11.1 Å². The largest absolute Gasteiger partial charge is 0.417 e. The van der Waals surface area contributed by atoms with E-state index in [4.69, 9.17) is 4.42 Å². The Bertz CT molecular complexity index is 634. The molecule has 0 spiro atoms. The van der Waals surface area contributed by atoms with Gasteiger partial charge in [-0.15, -0.1) is 0 Å². The number of fused-ring (bicyclic) bond motifs is 1. The van der Waals surface area contributed by atoms with Crippen LogP contribution in [-0.4, -0.2) is 23.7 Å². The molecule has 1 fully saturated rings. The van der Waals surface area contributed by atoms with E-state index >= 15 is 0 Å². The molecular formula is C14H18N2O3. The fraction of sp³-hybridized carbons (Fsp3) is 0.500. The van der Waals surface area contributed by atoms with Crippen molar-refractivity contribution in [1.82, 2.24) is 10.3 Å². The minimum atomic E-state index is -0.436. The number of oxazole rings is 1. The Kier molecular flexibility index (Phi) is 2.95. The van der Waals surface area contributed by atoms with Crippen LogP contribution in [0.2, 0.25) is 0 Å². The first-order chi connectivity index (χ1) is 9.18. The van der Waals surface area contributed by atoms with Crippen molar-refractivity contribution in [3.8, 4) is 0 Å². The highest BCUT2D eigenvalue weighted by atomic mass is 16.4. The molecule has 0 radical (unpaired) electrons. The first-order valence-electron chi connectivity index (χ1n) is 6.59. The molecule has 5 nitrogen and oxygen atoms in total. The van der Waals surface area contributed by atoms with Crippen LogP contribution in [0.5, 0.6) is 0 Å². The highest BCUT2D eigenvalue weighted by molar-refractivity contribution is 5.73. The number of aliphatic hydroxyl groups is 1. The predicted molar refractivity (Wildman–Crippen MR) is 72.0 cm³/mol. The normalized spacial score (nSPS) is 19.3. The van der Waals surface area contributed by atoms with E-state index in [2.05, 4.69) is 10.3 Å². The Morgan fingerprint density at radius 2 is 2.32 bits per heavy atom. The van der Waals surface area contributed by atoms with Crippen LogP contribution in [-0.2, 0) is 0 Å². The van der Waals surface area contributed by atoms with E-state index in [0.717, 1.165) is 24.8 Å². The van der Waals surface area contributed by atoms with Crippen molar-refractivity contribution < 1.29 is 9.52 Å². The van der Waals surface area contributed by atoms with Crippen LogP contribution in [0.4, 0.5) is 0 Å². The van der Waals surface area contributed by atoms with Gasteiger partial charge in [0.05, 0.1) is 12.1 Å². The lowest BCUT2D eigenvalue weighted by molar-refractivity contribution is 0.00787. The summed E-state index contributed by atoms with van der Waals surface area (Å²) in [5, 5.41) is 13.0. The number of hydrogen-bond acceptors (Lipinski definition) is 4.